The molecule has 2 saturated heterocycles. The van der Waals surface area contributed by atoms with Crippen LogP contribution in [0.15, 0.2) is 30.3 Å². The maximum absolute atomic E-state index is 12.6. The normalized spacial score (nSPS) is 25.4. The molecule has 8 heteroatoms. The maximum Gasteiger partial charge on any atom is 0.330 e. The summed E-state index contributed by atoms with van der Waals surface area (Å²) in [5, 5.41) is 2.46. The van der Waals surface area contributed by atoms with Crippen molar-refractivity contribution in [1.29, 1.82) is 0 Å². The number of fused-ring (bicyclic) bond motifs is 1. The van der Waals surface area contributed by atoms with Crippen LogP contribution in [-0.4, -0.2) is 57.3 Å². The van der Waals surface area contributed by atoms with E-state index in [1.54, 1.807) is 0 Å². The van der Waals surface area contributed by atoms with E-state index in [2.05, 4.69) is 5.32 Å². The number of hydrogen-bond donors (Lipinski definition) is 1. The molecular formula is C19H22N2O5S. The minimum Gasteiger partial charge on any atom is -0.456 e. The molecule has 1 N–H and O–H groups in total. The lowest BCUT2D eigenvalue weighted by molar-refractivity contribution is -0.165. The number of ether oxygens (including phenoxy) is 1. The van der Waals surface area contributed by atoms with Crippen molar-refractivity contribution in [1.82, 2.24) is 10.2 Å². The Morgan fingerprint density at radius 3 is 2.52 bits per heavy atom. The third-order valence-electron chi connectivity index (χ3n) is 4.61. The van der Waals surface area contributed by atoms with Gasteiger partial charge in [-0.05, 0) is 26.3 Å². The second kappa shape index (κ2) is 7.34. The fourth-order valence-electron chi connectivity index (χ4n) is 3.38. The van der Waals surface area contributed by atoms with Crippen LogP contribution in [-0.2, 0) is 30.3 Å². The molecule has 2 amide bonds. The van der Waals surface area contributed by atoms with Gasteiger partial charge in [-0.25, -0.2) is 4.79 Å². The van der Waals surface area contributed by atoms with Crippen LogP contribution in [0.3, 0.4) is 0 Å². The van der Waals surface area contributed by atoms with E-state index in [1.807, 2.05) is 44.2 Å². The second-order valence-electron chi connectivity index (χ2n) is 7.28. The number of rotatable bonds is 6. The molecule has 3 atom stereocenters. The van der Waals surface area contributed by atoms with Crippen molar-refractivity contribution < 1.29 is 23.9 Å². The Morgan fingerprint density at radius 1 is 1.22 bits per heavy atom. The van der Waals surface area contributed by atoms with E-state index in [0.717, 1.165) is 5.56 Å². The molecule has 0 spiro atoms. The molecule has 1 aromatic carbocycles. The van der Waals surface area contributed by atoms with Crippen LogP contribution in [0.25, 0.3) is 0 Å². The summed E-state index contributed by atoms with van der Waals surface area (Å²) in [6, 6.07) is 7.85. The van der Waals surface area contributed by atoms with Gasteiger partial charge in [0, 0.05) is 4.75 Å². The molecule has 2 aliphatic heterocycles. The lowest BCUT2D eigenvalue weighted by Crippen LogP contribution is -2.70. The highest BCUT2D eigenvalue weighted by atomic mass is 32.2. The first-order chi connectivity index (χ1) is 12.7. The minimum atomic E-state index is -0.776. The number of ketones is 1. The Bertz CT molecular complexity index is 780. The van der Waals surface area contributed by atoms with Crippen molar-refractivity contribution in [2.75, 3.05) is 6.61 Å². The topological polar surface area (TPSA) is 92.8 Å². The standard InChI is InChI=1S/C19H22N2O5S/c1-11(22)10-26-18(25)15-19(2,3)27-17-14(16(24)21(15)17)20-13(23)9-12-7-5-4-6-8-12/h4-8,14-15,17H,9-10H2,1-3H3,(H,20,23). The molecule has 0 aromatic heterocycles. The van der Waals surface area contributed by atoms with Gasteiger partial charge >= 0.3 is 5.97 Å². The molecule has 0 bridgehead atoms. The average molecular weight is 390 g/mol. The third-order valence-corrected chi connectivity index (χ3v) is 6.18. The third kappa shape index (κ3) is 3.85. The SMILES string of the molecule is CC(=O)COC(=O)C1N2C(=O)C(NC(=O)Cc3ccccc3)C2SC1(C)C. The number of thioether (sulfide) groups is 1. The van der Waals surface area contributed by atoms with Crippen LogP contribution in [0.4, 0.5) is 0 Å². The monoisotopic (exact) mass is 390 g/mol. The highest BCUT2D eigenvalue weighted by molar-refractivity contribution is 8.01. The van der Waals surface area contributed by atoms with Crippen LogP contribution in [0.5, 0.6) is 0 Å². The maximum atomic E-state index is 12.6. The lowest BCUT2D eigenvalue weighted by Gasteiger charge is -2.43. The van der Waals surface area contributed by atoms with Gasteiger partial charge in [0.25, 0.3) is 0 Å². The van der Waals surface area contributed by atoms with Gasteiger partial charge in [-0.3, -0.25) is 14.4 Å². The van der Waals surface area contributed by atoms with Crippen molar-refractivity contribution in [3.8, 4) is 0 Å². The van der Waals surface area contributed by atoms with E-state index in [-0.39, 0.29) is 36.0 Å². The van der Waals surface area contributed by atoms with Gasteiger partial charge in [-0.1, -0.05) is 30.3 Å². The van der Waals surface area contributed by atoms with Gasteiger partial charge < -0.3 is 15.0 Å². The predicted molar refractivity (Wildman–Crippen MR) is 99.8 cm³/mol. The van der Waals surface area contributed by atoms with Gasteiger partial charge in [0.1, 0.15) is 24.1 Å². The summed E-state index contributed by atoms with van der Waals surface area (Å²) in [6.07, 6.45) is 0.190. The number of nitrogens with zero attached hydrogens (tertiary/aromatic N) is 1. The summed E-state index contributed by atoms with van der Waals surface area (Å²) in [6.45, 7) is 4.73. The average Bonchev–Trinajstić information content (AvgIpc) is 2.86. The number of hydrogen-bond acceptors (Lipinski definition) is 6. The molecule has 144 valence electrons. The number of β-lactam (4-membered cyclic amide) rings is 1. The van der Waals surface area contributed by atoms with Crippen LogP contribution in [0.2, 0.25) is 0 Å². The van der Waals surface area contributed by atoms with Gasteiger partial charge in [0.2, 0.25) is 11.8 Å². The largest absolute Gasteiger partial charge is 0.456 e. The van der Waals surface area contributed by atoms with Crippen molar-refractivity contribution in [3.63, 3.8) is 0 Å². The van der Waals surface area contributed by atoms with Crippen LogP contribution in [0.1, 0.15) is 26.3 Å². The number of nitrogens with one attached hydrogen (secondary N) is 1. The Kier molecular flexibility index (Phi) is 5.28. The van der Waals surface area contributed by atoms with E-state index < -0.39 is 22.8 Å². The zero-order valence-electron chi connectivity index (χ0n) is 15.4. The molecule has 0 saturated carbocycles. The molecule has 2 aliphatic rings. The number of benzene rings is 1. The van der Waals surface area contributed by atoms with E-state index in [4.69, 9.17) is 4.74 Å². The molecule has 0 aliphatic carbocycles. The predicted octanol–water partition coefficient (Wildman–Crippen LogP) is 0.908. The molecule has 3 unspecified atom stereocenters. The molecule has 3 rings (SSSR count). The van der Waals surface area contributed by atoms with Gasteiger partial charge in [0.05, 0.1) is 6.42 Å². The van der Waals surface area contributed by atoms with Gasteiger partial charge in [-0.15, -0.1) is 11.8 Å². The molecule has 1 aromatic rings. The smallest absolute Gasteiger partial charge is 0.330 e. The first-order valence-corrected chi connectivity index (χ1v) is 9.58. The Morgan fingerprint density at radius 2 is 1.89 bits per heavy atom. The van der Waals surface area contributed by atoms with Crippen LogP contribution < -0.4 is 5.32 Å². The summed E-state index contributed by atoms with van der Waals surface area (Å²) in [7, 11) is 0. The molecule has 27 heavy (non-hydrogen) atoms. The van der Waals surface area contributed by atoms with Crippen LogP contribution >= 0.6 is 11.8 Å². The molecule has 7 nitrogen and oxygen atoms in total. The molecular weight excluding hydrogens is 368 g/mol. The summed E-state index contributed by atoms with van der Waals surface area (Å²) in [5.74, 6) is -1.39. The Balaban J connectivity index is 1.64. The number of esters is 1. The fraction of sp³-hybridized carbons (Fsp3) is 0.474. The van der Waals surface area contributed by atoms with E-state index in [1.165, 1.54) is 23.6 Å². The van der Waals surface area contributed by atoms with Gasteiger partial charge in [0.15, 0.2) is 5.78 Å². The highest BCUT2D eigenvalue weighted by Crippen LogP contribution is 2.51. The number of amides is 2. The van der Waals surface area contributed by atoms with E-state index in [0.29, 0.717) is 0 Å². The van der Waals surface area contributed by atoms with Crippen molar-refractivity contribution in [3.05, 3.63) is 35.9 Å². The zero-order valence-corrected chi connectivity index (χ0v) is 16.2. The van der Waals surface area contributed by atoms with Crippen molar-refractivity contribution >= 4 is 35.3 Å². The summed E-state index contributed by atoms with van der Waals surface area (Å²) in [4.78, 5) is 49.8. The summed E-state index contributed by atoms with van der Waals surface area (Å²) < 4.78 is 4.46. The molecule has 2 heterocycles. The fourth-order valence-corrected chi connectivity index (χ4v) is 5.00. The van der Waals surface area contributed by atoms with E-state index >= 15 is 0 Å². The Hall–Kier alpha value is -2.35. The van der Waals surface area contributed by atoms with Crippen LogP contribution in [0, 0.1) is 0 Å². The highest BCUT2D eigenvalue weighted by Gasteiger charge is 2.64. The number of carbonyl (C=O) groups is 4. The van der Waals surface area contributed by atoms with E-state index in [9.17, 15) is 19.2 Å². The van der Waals surface area contributed by atoms with Crippen molar-refractivity contribution in [2.45, 2.75) is 49.4 Å². The van der Waals surface area contributed by atoms with Gasteiger partial charge in [-0.2, -0.15) is 0 Å². The minimum absolute atomic E-state index is 0.190. The molecule has 0 radical (unpaired) electrons. The quantitative estimate of drug-likeness (QED) is 0.573. The Labute approximate surface area is 161 Å². The molecule has 2 fully saturated rings. The summed E-state index contributed by atoms with van der Waals surface area (Å²) >= 11 is 1.45. The zero-order chi connectivity index (χ0) is 19.8. The lowest BCUT2D eigenvalue weighted by atomic mass is 9.96. The van der Waals surface area contributed by atoms with Crippen molar-refractivity contribution in [2.24, 2.45) is 0 Å². The first-order valence-electron chi connectivity index (χ1n) is 8.70. The first kappa shape index (κ1) is 19.4. The second-order valence-corrected chi connectivity index (χ2v) is 9.05. The number of Topliss-reactive ketones (excluding diaryl/α,β-unsaturated/α-hetero) is 1. The summed E-state index contributed by atoms with van der Waals surface area (Å²) in [5.41, 5.74) is 0.865. The number of carbonyl (C=O) groups excluding carboxylic acids is 4.